The molecule has 0 saturated heterocycles. The summed E-state index contributed by atoms with van der Waals surface area (Å²) in [5, 5.41) is 3.16. The lowest BCUT2D eigenvalue weighted by atomic mass is 9.88. The summed E-state index contributed by atoms with van der Waals surface area (Å²) in [7, 11) is -3.39. The third-order valence-electron chi connectivity index (χ3n) is 3.88. The average Bonchev–Trinajstić information content (AvgIpc) is 2.42. The summed E-state index contributed by atoms with van der Waals surface area (Å²) in [4.78, 5) is 0.345. The first kappa shape index (κ1) is 15.3. The van der Waals surface area contributed by atoms with Crippen LogP contribution in [0.25, 0.3) is 0 Å². The van der Waals surface area contributed by atoms with Gasteiger partial charge in [-0.2, -0.15) is 0 Å². The highest BCUT2D eigenvalue weighted by Crippen LogP contribution is 2.25. The van der Waals surface area contributed by atoms with Crippen LogP contribution in [-0.2, 0) is 10.0 Å². The Morgan fingerprint density at radius 1 is 1.10 bits per heavy atom. The molecule has 4 nitrogen and oxygen atoms in total. The molecule has 1 aromatic carbocycles. The van der Waals surface area contributed by atoms with Gasteiger partial charge < -0.3 is 5.32 Å². The Hall–Kier alpha value is -1.07. The fourth-order valence-electron chi connectivity index (χ4n) is 2.62. The van der Waals surface area contributed by atoms with E-state index in [-0.39, 0.29) is 6.04 Å². The van der Waals surface area contributed by atoms with Gasteiger partial charge in [0.25, 0.3) is 0 Å². The van der Waals surface area contributed by atoms with Crippen LogP contribution in [0.2, 0.25) is 0 Å². The van der Waals surface area contributed by atoms with E-state index in [1.54, 1.807) is 24.3 Å². The van der Waals surface area contributed by atoms with Gasteiger partial charge >= 0.3 is 0 Å². The van der Waals surface area contributed by atoms with E-state index in [1.165, 1.54) is 0 Å². The molecule has 1 fully saturated rings. The Balaban J connectivity index is 2.02. The first-order valence-corrected chi connectivity index (χ1v) is 8.86. The molecule has 0 atom stereocenters. The Labute approximate surface area is 122 Å². The molecule has 0 amide bonds. The van der Waals surface area contributed by atoms with Crippen molar-refractivity contribution in [3.63, 3.8) is 0 Å². The monoisotopic (exact) mass is 296 g/mol. The van der Waals surface area contributed by atoms with E-state index in [1.807, 2.05) is 6.92 Å². The van der Waals surface area contributed by atoms with Crippen LogP contribution in [0.5, 0.6) is 0 Å². The smallest absolute Gasteiger partial charge is 0.240 e. The van der Waals surface area contributed by atoms with Crippen molar-refractivity contribution in [2.45, 2.75) is 50.5 Å². The predicted molar refractivity (Wildman–Crippen MR) is 82.3 cm³/mol. The molecule has 2 N–H and O–H groups in total. The molecule has 0 radical (unpaired) electrons. The van der Waals surface area contributed by atoms with E-state index in [9.17, 15) is 8.42 Å². The molecule has 1 aliphatic rings. The second-order valence-electron chi connectivity index (χ2n) is 5.63. The summed E-state index contributed by atoms with van der Waals surface area (Å²) in [6.45, 7) is 5.06. The maximum atomic E-state index is 12.3. The zero-order valence-corrected chi connectivity index (χ0v) is 13.0. The van der Waals surface area contributed by atoms with Crippen molar-refractivity contribution in [1.82, 2.24) is 4.72 Å². The number of sulfonamides is 1. The van der Waals surface area contributed by atoms with Crippen LogP contribution in [-0.4, -0.2) is 21.0 Å². The van der Waals surface area contributed by atoms with Crippen LogP contribution in [0.3, 0.4) is 0 Å². The van der Waals surface area contributed by atoms with Crippen LogP contribution < -0.4 is 10.0 Å². The van der Waals surface area contributed by atoms with E-state index in [2.05, 4.69) is 17.0 Å². The third-order valence-corrected chi connectivity index (χ3v) is 5.42. The Bertz CT molecular complexity index is 517. The number of hydrogen-bond donors (Lipinski definition) is 2. The van der Waals surface area contributed by atoms with Gasteiger partial charge in [0.15, 0.2) is 0 Å². The van der Waals surface area contributed by atoms with Gasteiger partial charge in [0.1, 0.15) is 0 Å². The quantitative estimate of drug-likeness (QED) is 0.878. The average molecular weight is 296 g/mol. The minimum absolute atomic E-state index is 0.0876. The number of anilines is 1. The number of rotatable bonds is 5. The second-order valence-corrected chi connectivity index (χ2v) is 7.35. The fraction of sp³-hybridized carbons (Fsp3) is 0.600. The molecule has 0 bridgehead atoms. The van der Waals surface area contributed by atoms with Crippen molar-refractivity contribution >= 4 is 15.7 Å². The third kappa shape index (κ3) is 3.96. The van der Waals surface area contributed by atoms with Crippen molar-refractivity contribution in [3.8, 4) is 0 Å². The maximum Gasteiger partial charge on any atom is 0.240 e. The topological polar surface area (TPSA) is 58.2 Å². The molecule has 1 aliphatic carbocycles. The number of hydrogen-bond acceptors (Lipinski definition) is 3. The van der Waals surface area contributed by atoms with Crippen molar-refractivity contribution in [1.29, 1.82) is 0 Å². The van der Waals surface area contributed by atoms with Gasteiger partial charge in [-0.05, 0) is 62.8 Å². The van der Waals surface area contributed by atoms with E-state index >= 15 is 0 Å². The predicted octanol–water partition coefficient (Wildman–Crippen LogP) is 2.98. The molecule has 1 aromatic rings. The van der Waals surface area contributed by atoms with E-state index in [0.29, 0.717) is 4.90 Å². The standard InChI is InChI=1S/C15H24N2O2S/c1-3-16-13-8-10-15(11-9-13)20(18,19)17-14-6-4-12(2)5-7-14/h8-12,14,16-17H,3-7H2,1-2H3. The molecule has 112 valence electrons. The Morgan fingerprint density at radius 2 is 1.70 bits per heavy atom. The minimum atomic E-state index is -3.39. The van der Waals surface area contributed by atoms with Crippen LogP contribution in [0.1, 0.15) is 39.5 Å². The summed E-state index contributed by atoms with van der Waals surface area (Å²) in [5.74, 6) is 0.718. The van der Waals surface area contributed by atoms with E-state index in [4.69, 9.17) is 0 Å². The second kappa shape index (κ2) is 6.59. The van der Waals surface area contributed by atoms with Crippen LogP contribution in [0.15, 0.2) is 29.2 Å². The van der Waals surface area contributed by atoms with Gasteiger partial charge in [0.2, 0.25) is 10.0 Å². The SMILES string of the molecule is CCNc1ccc(S(=O)(=O)NC2CCC(C)CC2)cc1. The van der Waals surface area contributed by atoms with E-state index in [0.717, 1.165) is 43.8 Å². The summed E-state index contributed by atoms with van der Waals surface area (Å²) < 4.78 is 27.5. The van der Waals surface area contributed by atoms with Gasteiger partial charge in [-0.1, -0.05) is 6.92 Å². The first-order valence-electron chi connectivity index (χ1n) is 7.37. The van der Waals surface area contributed by atoms with Crippen molar-refractivity contribution in [2.75, 3.05) is 11.9 Å². The van der Waals surface area contributed by atoms with Crippen molar-refractivity contribution < 1.29 is 8.42 Å². The molecular weight excluding hydrogens is 272 g/mol. The van der Waals surface area contributed by atoms with Crippen molar-refractivity contribution in [3.05, 3.63) is 24.3 Å². The maximum absolute atomic E-state index is 12.3. The molecule has 1 saturated carbocycles. The Kier molecular flexibility index (Phi) is 5.05. The summed E-state index contributed by atoms with van der Waals surface area (Å²) >= 11 is 0. The molecule has 0 spiro atoms. The lowest BCUT2D eigenvalue weighted by Gasteiger charge is -2.26. The van der Waals surface area contributed by atoms with Gasteiger partial charge in [-0.3, -0.25) is 0 Å². The first-order chi connectivity index (χ1) is 9.51. The normalized spacial score (nSPS) is 23.5. The number of benzene rings is 1. The van der Waals surface area contributed by atoms with Gasteiger partial charge in [-0.15, -0.1) is 0 Å². The van der Waals surface area contributed by atoms with Gasteiger partial charge in [0, 0.05) is 18.3 Å². The number of nitrogens with one attached hydrogen (secondary N) is 2. The zero-order chi connectivity index (χ0) is 14.6. The summed E-state index contributed by atoms with van der Waals surface area (Å²) in [6, 6.07) is 7.02. The molecule has 20 heavy (non-hydrogen) atoms. The van der Waals surface area contributed by atoms with Crippen LogP contribution in [0, 0.1) is 5.92 Å². The molecule has 0 aliphatic heterocycles. The van der Waals surface area contributed by atoms with Crippen LogP contribution in [0.4, 0.5) is 5.69 Å². The highest BCUT2D eigenvalue weighted by molar-refractivity contribution is 7.89. The van der Waals surface area contributed by atoms with Gasteiger partial charge in [0.05, 0.1) is 4.90 Å². The fourth-order valence-corrected chi connectivity index (χ4v) is 3.93. The highest BCUT2D eigenvalue weighted by atomic mass is 32.2. The molecular formula is C15H24N2O2S. The lowest BCUT2D eigenvalue weighted by Crippen LogP contribution is -2.37. The summed E-state index contributed by atoms with van der Waals surface area (Å²) in [6.07, 6.45) is 4.09. The molecule has 2 rings (SSSR count). The van der Waals surface area contributed by atoms with Crippen LogP contribution >= 0.6 is 0 Å². The molecule has 5 heteroatoms. The minimum Gasteiger partial charge on any atom is -0.385 e. The molecule has 0 unspecified atom stereocenters. The molecule has 0 heterocycles. The van der Waals surface area contributed by atoms with Crippen molar-refractivity contribution in [2.24, 2.45) is 5.92 Å². The van der Waals surface area contributed by atoms with E-state index < -0.39 is 10.0 Å². The lowest BCUT2D eigenvalue weighted by molar-refractivity contribution is 0.332. The zero-order valence-electron chi connectivity index (χ0n) is 12.2. The largest absolute Gasteiger partial charge is 0.385 e. The molecule has 0 aromatic heterocycles. The Morgan fingerprint density at radius 3 is 2.25 bits per heavy atom. The highest BCUT2D eigenvalue weighted by Gasteiger charge is 2.23. The summed E-state index contributed by atoms with van der Waals surface area (Å²) in [5.41, 5.74) is 0.943. The van der Waals surface area contributed by atoms with Gasteiger partial charge in [-0.25, -0.2) is 13.1 Å².